The van der Waals surface area contributed by atoms with E-state index in [1.165, 1.54) is 0 Å². The highest BCUT2D eigenvalue weighted by Gasteiger charge is 2.13. The minimum atomic E-state index is -0.268. The SMILES string of the molecule is CCOCc1ccc(NC(=O)NC(C)C(C)CO)cc1. The fourth-order valence-electron chi connectivity index (χ4n) is 1.58. The summed E-state index contributed by atoms with van der Waals surface area (Å²) in [6, 6.07) is 7.17. The maximum Gasteiger partial charge on any atom is 0.319 e. The number of urea groups is 1. The second kappa shape index (κ2) is 8.55. The van der Waals surface area contributed by atoms with Crippen molar-refractivity contribution in [3.63, 3.8) is 0 Å². The lowest BCUT2D eigenvalue weighted by Crippen LogP contribution is -2.40. The average molecular weight is 280 g/mol. The molecule has 0 saturated heterocycles. The van der Waals surface area contributed by atoms with Gasteiger partial charge in [0.05, 0.1) is 6.61 Å². The fourth-order valence-corrected chi connectivity index (χ4v) is 1.58. The van der Waals surface area contributed by atoms with E-state index in [9.17, 15) is 4.79 Å². The van der Waals surface area contributed by atoms with Gasteiger partial charge in [-0.1, -0.05) is 19.1 Å². The number of carbonyl (C=O) groups is 1. The highest BCUT2D eigenvalue weighted by Crippen LogP contribution is 2.10. The zero-order valence-electron chi connectivity index (χ0n) is 12.3. The van der Waals surface area contributed by atoms with Gasteiger partial charge in [0.2, 0.25) is 0 Å². The van der Waals surface area contributed by atoms with Gasteiger partial charge < -0.3 is 20.5 Å². The number of benzene rings is 1. The monoisotopic (exact) mass is 280 g/mol. The number of hydrogen-bond donors (Lipinski definition) is 3. The number of anilines is 1. The molecule has 0 heterocycles. The Labute approximate surface area is 120 Å². The molecule has 1 aromatic rings. The molecule has 2 unspecified atom stereocenters. The summed E-state index contributed by atoms with van der Waals surface area (Å²) in [5.74, 6) is 0.0225. The number of aliphatic hydroxyl groups excluding tert-OH is 1. The van der Waals surface area contributed by atoms with E-state index >= 15 is 0 Å². The molecule has 2 amide bonds. The van der Waals surface area contributed by atoms with Gasteiger partial charge in [0.15, 0.2) is 0 Å². The summed E-state index contributed by atoms with van der Waals surface area (Å²) in [6.07, 6.45) is 0. The second-order valence-corrected chi connectivity index (χ2v) is 4.88. The number of amides is 2. The minimum absolute atomic E-state index is 0.0225. The Hall–Kier alpha value is -1.59. The molecule has 0 bridgehead atoms. The molecule has 0 radical (unpaired) electrons. The average Bonchev–Trinajstić information content (AvgIpc) is 2.45. The maximum atomic E-state index is 11.8. The number of nitrogens with one attached hydrogen (secondary N) is 2. The van der Waals surface area contributed by atoms with E-state index in [-0.39, 0.29) is 24.6 Å². The summed E-state index contributed by atoms with van der Waals surface area (Å²) in [7, 11) is 0. The lowest BCUT2D eigenvalue weighted by Gasteiger charge is -2.19. The van der Waals surface area contributed by atoms with Gasteiger partial charge in [-0.15, -0.1) is 0 Å². The Kier molecular flexibility index (Phi) is 7.04. The van der Waals surface area contributed by atoms with Crippen LogP contribution in [0.15, 0.2) is 24.3 Å². The summed E-state index contributed by atoms with van der Waals surface area (Å²) in [4.78, 5) is 11.8. The molecule has 5 nitrogen and oxygen atoms in total. The standard InChI is InChI=1S/C15H24N2O3/c1-4-20-10-13-5-7-14(8-6-13)17-15(19)16-12(3)11(2)9-18/h5-8,11-12,18H,4,9-10H2,1-3H3,(H2,16,17,19). The maximum absolute atomic E-state index is 11.8. The molecule has 0 aliphatic carbocycles. The molecular formula is C15H24N2O3. The third-order valence-corrected chi connectivity index (χ3v) is 3.18. The first-order chi connectivity index (χ1) is 9.56. The number of rotatable bonds is 7. The zero-order valence-corrected chi connectivity index (χ0v) is 12.3. The van der Waals surface area contributed by atoms with Crippen LogP contribution in [0.4, 0.5) is 10.5 Å². The summed E-state index contributed by atoms with van der Waals surface area (Å²) < 4.78 is 5.31. The first-order valence-corrected chi connectivity index (χ1v) is 6.91. The van der Waals surface area contributed by atoms with Crippen LogP contribution < -0.4 is 10.6 Å². The van der Waals surface area contributed by atoms with Crippen LogP contribution in [0, 0.1) is 5.92 Å². The molecule has 2 atom stereocenters. The first-order valence-electron chi connectivity index (χ1n) is 6.91. The zero-order chi connectivity index (χ0) is 15.0. The van der Waals surface area contributed by atoms with Gasteiger partial charge in [-0.05, 0) is 37.5 Å². The largest absolute Gasteiger partial charge is 0.396 e. The van der Waals surface area contributed by atoms with Crippen molar-refractivity contribution in [2.45, 2.75) is 33.4 Å². The van der Waals surface area contributed by atoms with E-state index in [2.05, 4.69) is 10.6 Å². The van der Waals surface area contributed by atoms with Crippen molar-refractivity contribution in [2.75, 3.05) is 18.5 Å². The predicted molar refractivity (Wildman–Crippen MR) is 79.6 cm³/mol. The first kappa shape index (κ1) is 16.5. The van der Waals surface area contributed by atoms with Crippen molar-refractivity contribution in [2.24, 2.45) is 5.92 Å². The van der Waals surface area contributed by atoms with Crippen LogP contribution in [0.3, 0.4) is 0 Å². The minimum Gasteiger partial charge on any atom is -0.396 e. The smallest absolute Gasteiger partial charge is 0.319 e. The summed E-state index contributed by atoms with van der Waals surface area (Å²) in [6.45, 7) is 7.01. The van der Waals surface area contributed by atoms with Crippen LogP contribution in [0.5, 0.6) is 0 Å². The van der Waals surface area contributed by atoms with Crippen LogP contribution in [-0.4, -0.2) is 30.4 Å². The van der Waals surface area contributed by atoms with Crippen LogP contribution >= 0.6 is 0 Å². The number of hydrogen-bond acceptors (Lipinski definition) is 3. The Morgan fingerprint density at radius 3 is 2.50 bits per heavy atom. The molecule has 1 aromatic carbocycles. The molecule has 3 N–H and O–H groups in total. The Balaban J connectivity index is 2.45. The van der Waals surface area contributed by atoms with Crippen molar-refractivity contribution < 1.29 is 14.6 Å². The third-order valence-electron chi connectivity index (χ3n) is 3.18. The van der Waals surface area contributed by atoms with Crippen LogP contribution in [0.1, 0.15) is 26.3 Å². The number of carbonyl (C=O) groups excluding carboxylic acids is 1. The molecule has 5 heteroatoms. The molecule has 112 valence electrons. The van der Waals surface area contributed by atoms with Gasteiger partial charge in [-0.3, -0.25) is 0 Å². The van der Waals surface area contributed by atoms with Gasteiger partial charge in [-0.2, -0.15) is 0 Å². The molecule has 20 heavy (non-hydrogen) atoms. The van der Waals surface area contributed by atoms with Crippen LogP contribution in [-0.2, 0) is 11.3 Å². The van der Waals surface area contributed by atoms with Gasteiger partial charge in [0.25, 0.3) is 0 Å². The van der Waals surface area contributed by atoms with E-state index in [1.807, 2.05) is 45.0 Å². The lowest BCUT2D eigenvalue weighted by molar-refractivity contribution is 0.134. The van der Waals surface area contributed by atoms with E-state index in [4.69, 9.17) is 9.84 Å². The van der Waals surface area contributed by atoms with Gasteiger partial charge in [0, 0.05) is 24.9 Å². The van der Waals surface area contributed by atoms with Gasteiger partial charge >= 0.3 is 6.03 Å². The van der Waals surface area contributed by atoms with E-state index in [0.717, 1.165) is 11.3 Å². The van der Waals surface area contributed by atoms with Crippen molar-refractivity contribution in [3.05, 3.63) is 29.8 Å². The summed E-state index contributed by atoms with van der Waals surface area (Å²) >= 11 is 0. The Bertz CT molecular complexity index is 406. The molecule has 0 spiro atoms. The third kappa shape index (κ3) is 5.59. The molecular weight excluding hydrogens is 256 g/mol. The molecule has 0 saturated carbocycles. The van der Waals surface area contributed by atoms with Crippen LogP contribution in [0.25, 0.3) is 0 Å². The predicted octanol–water partition coefficient (Wildman–Crippen LogP) is 2.36. The van der Waals surface area contributed by atoms with Crippen molar-refractivity contribution in [1.29, 1.82) is 0 Å². The van der Waals surface area contributed by atoms with Crippen LogP contribution in [0.2, 0.25) is 0 Å². The topological polar surface area (TPSA) is 70.6 Å². The van der Waals surface area contributed by atoms with E-state index < -0.39 is 0 Å². The fraction of sp³-hybridized carbons (Fsp3) is 0.533. The second-order valence-electron chi connectivity index (χ2n) is 4.88. The van der Waals surface area contributed by atoms with E-state index in [1.54, 1.807) is 0 Å². The lowest BCUT2D eigenvalue weighted by atomic mass is 10.1. The highest BCUT2D eigenvalue weighted by atomic mass is 16.5. The van der Waals surface area contributed by atoms with Gasteiger partial charge in [0.1, 0.15) is 0 Å². The molecule has 0 aromatic heterocycles. The van der Waals surface area contributed by atoms with Crippen molar-refractivity contribution >= 4 is 11.7 Å². The Morgan fingerprint density at radius 1 is 1.30 bits per heavy atom. The molecule has 1 rings (SSSR count). The van der Waals surface area contributed by atoms with Gasteiger partial charge in [-0.25, -0.2) is 4.79 Å². The molecule has 0 fully saturated rings. The number of aliphatic hydroxyl groups is 1. The highest BCUT2D eigenvalue weighted by molar-refractivity contribution is 5.89. The van der Waals surface area contributed by atoms with Crippen molar-refractivity contribution in [3.8, 4) is 0 Å². The molecule has 0 aliphatic heterocycles. The summed E-state index contributed by atoms with van der Waals surface area (Å²) in [5, 5.41) is 14.6. The summed E-state index contributed by atoms with van der Waals surface area (Å²) in [5.41, 5.74) is 1.80. The quantitative estimate of drug-likeness (QED) is 0.718. The van der Waals surface area contributed by atoms with Crippen molar-refractivity contribution in [1.82, 2.24) is 5.32 Å². The normalized spacial score (nSPS) is 13.6. The molecule has 0 aliphatic rings. The van der Waals surface area contributed by atoms with E-state index in [0.29, 0.717) is 13.2 Å². The Morgan fingerprint density at radius 2 is 1.95 bits per heavy atom. The number of ether oxygens (including phenoxy) is 1.